The van der Waals surface area contributed by atoms with E-state index in [1.807, 2.05) is 57.7 Å². The molecule has 0 saturated carbocycles. The van der Waals surface area contributed by atoms with Crippen molar-refractivity contribution in [3.63, 3.8) is 0 Å². The molecule has 0 aliphatic carbocycles. The molecule has 13 heteroatoms. The van der Waals surface area contributed by atoms with Gasteiger partial charge in [0.2, 0.25) is 0 Å². The number of hydrogen-bond acceptors (Lipinski definition) is 10. The molecule has 5 heterocycles. The van der Waals surface area contributed by atoms with Crippen molar-refractivity contribution in [2.45, 2.75) is 58.1 Å². The van der Waals surface area contributed by atoms with Gasteiger partial charge in [-0.05, 0) is 84.2 Å². The van der Waals surface area contributed by atoms with E-state index in [1.54, 1.807) is 17.0 Å². The average Bonchev–Trinajstić information content (AvgIpc) is 3.73. The van der Waals surface area contributed by atoms with Crippen LogP contribution in [-0.2, 0) is 4.74 Å². The van der Waals surface area contributed by atoms with Crippen molar-refractivity contribution >= 4 is 35.4 Å². The number of nitrogens with zero attached hydrogens (tertiary/aromatic N) is 7. The molecule has 6 rings (SSSR count). The first-order valence-electron chi connectivity index (χ1n) is 17.5. The second-order valence-electron chi connectivity index (χ2n) is 14.3. The highest BCUT2D eigenvalue weighted by Crippen LogP contribution is 2.30. The van der Waals surface area contributed by atoms with Crippen molar-refractivity contribution in [3.8, 4) is 0 Å². The summed E-state index contributed by atoms with van der Waals surface area (Å²) in [6.45, 7) is 12.7. The number of hydrogen-bond donors (Lipinski definition) is 3. The zero-order valence-electron chi connectivity index (χ0n) is 30.0. The number of nitrogens with one attached hydrogen (secondary N) is 3. The minimum atomic E-state index is -0.460. The van der Waals surface area contributed by atoms with Crippen LogP contribution in [0, 0.1) is 11.3 Å². The maximum atomic E-state index is 12.2. The number of rotatable bonds is 7. The number of carbonyl (C=O) groups excluding carboxylic acids is 2. The zero-order valence-corrected chi connectivity index (χ0v) is 30.0. The molecular formula is C36H54N10O3. The summed E-state index contributed by atoms with van der Waals surface area (Å²) in [6.07, 6.45) is 11.0. The summed E-state index contributed by atoms with van der Waals surface area (Å²) >= 11 is 0. The monoisotopic (exact) mass is 674 g/mol. The Morgan fingerprint density at radius 1 is 1.00 bits per heavy atom. The highest BCUT2D eigenvalue weighted by molar-refractivity contribution is 6.02. The highest BCUT2D eigenvalue weighted by atomic mass is 16.6. The van der Waals surface area contributed by atoms with Crippen molar-refractivity contribution in [3.05, 3.63) is 53.6 Å². The summed E-state index contributed by atoms with van der Waals surface area (Å²) in [5.41, 5.74) is 3.83. The summed E-state index contributed by atoms with van der Waals surface area (Å²) < 4.78 is 7.53. The lowest BCUT2D eigenvalue weighted by atomic mass is 9.95. The average molecular weight is 675 g/mol. The van der Waals surface area contributed by atoms with Crippen LogP contribution >= 0.6 is 0 Å². The molecule has 1 amide bonds. The lowest BCUT2D eigenvalue weighted by molar-refractivity contribution is 0.0126. The number of imidazole rings is 1. The molecule has 1 atom stereocenters. The van der Waals surface area contributed by atoms with Crippen molar-refractivity contribution in [1.82, 2.24) is 34.0 Å². The van der Waals surface area contributed by atoms with E-state index in [0.717, 1.165) is 80.3 Å². The van der Waals surface area contributed by atoms with Crippen LogP contribution in [0.2, 0.25) is 0 Å². The Hall–Kier alpha value is -4.23. The Bertz CT molecular complexity index is 1590. The third-order valence-electron chi connectivity index (χ3n) is 9.65. The van der Waals surface area contributed by atoms with Crippen molar-refractivity contribution < 1.29 is 14.3 Å². The predicted molar refractivity (Wildman–Crippen MR) is 194 cm³/mol. The van der Waals surface area contributed by atoms with E-state index < -0.39 is 5.60 Å². The molecule has 0 bridgehead atoms. The van der Waals surface area contributed by atoms with Gasteiger partial charge < -0.3 is 29.6 Å². The molecule has 3 aromatic rings. The van der Waals surface area contributed by atoms with Gasteiger partial charge in [-0.25, -0.2) is 14.8 Å². The van der Waals surface area contributed by atoms with E-state index in [2.05, 4.69) is 48.5 Å². The Morgan fingerprint density at radius 3 is 2.35 bits per heavy atom. The molecule has 3 saturated heterocycles. The molecule has 13 nitrogen and oxygen atoms in total. The predicted octanol–water partition coefficient (Wildman–Crippen LogP) is 4.67. The van der Waals surface area contributed by atoms with Gasteiger partial charge >= 0.3 is 6.09 Å². The SMILES string of the molecule is CNc1ccc(C=O)cc1C(=N)N1CCC(CN2CCN(C(=O)OC(C)(C)C)CC2)CC1.CNc1cn2cc(C3CCCN3C)nc2cn1. The summed E-state index contributed by atoms with van der Waals surface area (Å²) in [5, 5.41) is 14.9. The normalized spacial score (nSPS) is 19.3. The largest absolute Gasteiger partial charge is 0.444 e. The van der Waals surface area contributed by atoms with Gasteiger partial charge in [-0.15, -0.1) is 0 Å². The van der Waals surface area contributed by atoms with Gasteiger partial charge in [-0.1, -0.05) is 0 Å². The number of aromatic nitrogens is 3. The third kappa shape index (κ3) is 9.27. The van der Waals surface area contributed by atoms with Crippen molar-refractivity contribution in [1.29, 1.82) is 5.41 Å². The summed E-state index contributed by atoms with van der Waals surface area (Å²) in [7, 11) is 5.87. The molecule has 49 heavy (non-hydrogen) atoms. The number of piperazine rings is 1. The third-order valence-corrected chi connectivity index (χ3v) is 9.65. The Morgan fingerprint density at radius 2 is 1.73 bits per heavy atom. The fraction of sp³-hybridized carbons (Fsp3) is 0.583. The molecule has 3 fully saturated rings. The van der Waals surface area contributed by atoms with E-state index in [0.29, 0.717) is 36.4 Å². The van der Waals surface area contributed by atoms with E-state index in [-0.39, 0.29) is 6.09 Å². The lowest BCUT2D eigenvalue weighted by Gasteiger charge is -2.39. The fourth-order valence-corrected chi connectivity index (χ4v) is 6.86. The van der Waals surface area contributed by atoms with Gasteiger partial charge in [0.15, 0.2) is 5.65 Å². The number of ether oxygens (including phenoxy) is 1. The Balaban J connectivity index is 0.000000229. The van der Waals surface area contributed by atoms with Crippen molar-refractivity contribution in [2.24, 2.45) is 5.92 Å². The number of carbonyl (C=O) groups is 2. The number of piperidine rings is 1. The van der Waals surface area contributed by atoms with Crippen LogP contribution in [0.4, 0.5) is 16.3 Å². The van der Waals surface area contributed by atoms with Crippen LogP contribution < -0.4 is 10.6 Å². The van der Waals surface area contributed by atoms with Gasteiger partial charge in [0, 0.05) is 82.9 Å². The standard InChI is InChI=1S/C24H37N5O3.C12H17N5/c1-24(2,3)32-23(31)29-13-11-27(12-14-29)16-18-7-9-28(10-8-18)22(25)20-15-19(17-30)5-6-21(20)26-4;1-13-11-8-17-7-9(15-12(17)6-14-11)10-4-3-5-16(10)2/h5-6,15,17-18,25-26H,7-14,16H2,1-4H3;6-8,10,13H,3-5H2,1-2H3. The quantitative estimate of drug-likeness (QED) is 0.185. The van der Waals surface area contributed by atoms with Crippen LogP contribution in [0.25, 0.3) is 5.65 Å². The molecule has 0 radical (unpaired) electrons. The highest BCUT2D eigenvalue weighted by Gasteiger charge is 2.29. The molecule has 3 aliphatic heterocycles. The molecular weight excluding hydrogens is 620 g/mol. The molecule has 2 aromatic heterocycles. The van der Waals surface area contributed by atoms with Gasteiger partial charge in [-0.3, -0.25) is 20.0 Å². The number of anilines is 2. The van der Waals surface area contributed by atoms with Gasteiger partial charge in [0.25, 0.3) is 0 Å². The van der Waals surface area contributed by atoms with Crippen molar-refractivity contribution in [2.75, 3.05) is 84.1 Å². The van der Waals surface area contributed by atoms with E-state index in [4.69, 9.17) is 10.1 Å². The van der Waals surface area contributed by atoms with Gasteiger partial charge in [0.1, 0.15) is 23.5 Å². The van der Waals surface area contributed by atoms with Crippen LogP contribution in [0.5, 0.6) is 0 Å². The van der Waals surface area contributed by atoms with Crippen LogP contribution in [0.15, 0.2) is 36.8 Å². The summed E-state index contributed by atoms with van der Waals surface area (Å²) in [6, 6.07) is 5.88. The minimum absolute atomic E-state index is 0.219. The topological polar surface area (TPSA) is 134 Å². The zero-order chi connectivity index (χ0) is 35.1. The van der Waals surface area contributed by atoms with Crippen LogP contribution in [-0.4, -0.2) is 131 Å². The number of amidine groups is 1. The Labute approximate surface area is 290 Å². The molecule has 1 unspecified atom stereocenters. The van der Waals surface area contributed by atoms with E-state index >= 15 is 0 Å². The maximum absolute atomic E-state index is 12.2. The molecule has 0 spiro atoms. The fourth-order valence-electron chi connectivity index (χ4n) is 6.86. The van der Waals surface area contributed by atoms with Gasteiger partial charge in [-0.2, -0.15) is 0 Å². The first-order chi connectivity index (χ1) is 23.5. The smallest absolute Gasteiger partial charge is 0.410 e. The van der Waals surface area contributed by atoms with Crippen LogP contribution in [0.1, 0.15) is 74.1 Å². The summed E-state index contributed by atoms with van der Waals surface area (Å²) in [4.78, 5) is 41.1. The second kappa shape index (κ2) is 16.0. The van der Waals surface area contributed by atoms with Crippen LogP contribution in [0.3, 0.4) is 0 Å². The second-order valence-corrected chi connectivity index (χ2v) is 14.3. The molecule has 1 aromatic carbocycles. The number of likely N-dealkylation sites (tertiary alicyclic amines) is 2. The van der Waals surface area contributed by atoms with E-state index in [1.165, 1.54) is 19.4 Å². The Kier molecular flexibility index (Phi) is 11.8. The number of amides is 1. The maximum Gasteiger partial charge on any atom is 0.410 e. The molecule has 3 N–H and O–H groups in total. The minimum Gasteiger partial charge on any atom is -0.444 e. The van der Waals surface area contributed by atoms with E-state index in [9.17, 15) is 9.59 Å². The lowest BCUT2D eigenvalue weighted by Crippen LogP contribution is -2.51. The number of aldehydes is 1. The molecule has 3 aliphatic rings. The number of fused-ring (bicyclic) bond motifs is 1. The number of benzene rings is 1. The molecule has 266 valence electrons. The summed E-state index contributed by atoms with van der Waals surface area (Å²) in [5.74, 6) is 1.93. The first kappa shape index (κ1) is 36.1. The first-order valence-corrected chi connectivity index (χ1v) is 17.5. The van der Waals surface area contributed by atoms with Gasteiger partial charge in [0.05, 0.1) is 24.1 Å².